The molecule has 0 N–H and O–H groups in total. The van der Waals surface area contributed by atoms with Crippen molar-refractivity contribution in [2.45, 2.75) is 40.2 Å². The molecule has 122 valence electrons. The first-order valence-electron chi connectivity index (χ1n) is 8.26. The molecule has 0 fully saturated rings. The van der Waals surface area contributed by atoms with Gasteiger partial charge in [0.15, 0.2) is 0 Å². The van der Waals surface area contributed by atoms with Gasteiger partial charge in [-0.25, -0.2) is 4.98 Å². The van der Waals surface area contributed by atoms with Crippen LogP contribution in [0.5, 0.6) is 0 Å². The van der Waals surface area contributed by atoms with Crippen molar-refractivity contribution in [3.05, 3.63) is 48.4 Å². The highest BCUT2D eigenvalue weighted by Gasteiger charge is 2.17. The molecule has 3 aromatic rings. The van der Waals surface area contributed by atoms with Crippen LogP contribution in [0.25, 0.3) is 22.3 Å². The molecule has 3 rings (SSSR count). The van der Waals surface area contributed by atoms with E-state index in [0.717, 1.165) is 41.1 Å². The van der Waals surface area contributed by atoms with Crippen molar-refractivity contribution in [1.82, 2.24) is 14.5 Å². The summed E-state index contributed by atoms with van der Waals surface area (Å²) in [7, 11) is 0. The van der Waals surface area contributed by atoms with Gasteiger partial charge in [0.1, 0.15) is 11.3 Å². The lowest BCUT2D eigenvalue weighted by molar-refractivity contribution is 0.350. The average molecular weight is 318 g/mol. The Kier molecular flexibility index (Phi) is 4.35. The molecule has 2 aromatic heterocycles. The lowest BCUT2D eigenvalue weighted by Gasteiger charge is -2.19. The van der Waals surface area contributed by atoms with Crippen molar-refractivity contribution >= 4 is 11.0 Å². The minimum atomic E-state index is 0.232. The standard InChI is InChI=1S/C20H22N4/c1-20(2,3)11-14-24-16-10-13-22-18(15-7-5-4-6-8-15)19(16)23-17(24)9-12-21/h4-8,10,13H,9,11,14H2,1-3H3. The quantitative estimate of drug-likeness (QED) is 0.706. The van der Waals surface area contributed by atoms with E-state index in [1.165, 1.54) is 0 Å². The number of aryl methyl sites for hydroxylation is 1. The molecule has 0 atom stereocenters. The van der Waals surface area contributed by atoms with E-state index in [9.17, 15) is 0 Å². The minimum absolute atomic E-state index is 0.232. The summed E-state index contributed by atoms with van der Waals surface area (Å²) in [6.07, 6.45) is 3.17. The number of nitrogens with zero attached hydrogens (tertiary/aromatic N) is 4. The van der Waals surface area contributed by atoms with E-state index in [1.54, 1.807) is 0 Å². The highest BCUT2D eigenvalue weighted by Crippen LogP contribution is 2.28. The van der Waals surface area contributed by atoms with Gasteiger partial charge in [0.2, 0.25) is 0 Å². The third-order valence-corrected chi connectivity index (χ3v) is 4.12. The maximum Gasteiger partial charge on any atom is 0.124 e. The Bertz CT molecular complexity index is 880. The van der Waals surface area contributed by atoms with Crippen LogP contribution in [-0.4, -0.2) is 14.5 Å². The van der Waals surface area contributed by atoms with Crippen molar-refractivity contribution in [3.63, 3.8) is 0 Å². The van der Waals surface area contributed by atoms with Gasteiger partial charge in [-0.1, -0.05) is 51.1 Å². The summed E-state index contributed by atoms with van der Waals surface area (Å²) < 4.78 is 2.18. The molecule has 4 nitrogen and oxygen atoms in total. The summed E-state index contributed by atoms with van der Waals surface area (Å²) >= 11 is 0. The second-order valence-electron chi connectivity index (χ2n) is 7.22. The highest BCUT2D eigenvalue weighted by atomic mass is 15.1. The van der Waals surface area contributed by atoms with Gasteiger partial charge < -0.3 is 4.57 Å². The van der Waals surface area contributed by atoms with Crippen LogP contribution in [0.15, 0.2) is 42.6 Å². The summed E-state index contributed by atoms with van der Waals surface area (Å²) in [5.74, 6) is 0.821. The zero-order valence-corrected chi connectivity index (χ0v) is 14.5. The molecule has 4 heteroatoms. The summed E-state index contributed by atoms with van der Waals surface area (Å²) in [6.45, 7) is 7.54. The molecule has 0 bridgehead atoms. The molecule has 0 saturated heterocycles. The van der Waals surface area contributed by atoms with Crippen LogP contribution >= 0.6 is 0 Å². The number of aromatic nitrogens is 3. The Balaban J connectivity index is 2.13. The third kappa shape index (κ3) is 3.30. The van der Waals surface area contributed by atoms with Gasteiger partial charge in [-0.3, -0.25) is 4.98 Å². The normalized spacial score (nSPS) is 11.6. The second-order valence-corrected chi connectivity index (χ2v) is 7.22. The second kappa shape index (κ2) is 6.45. The van der Waals surface area contributed by atoms with Crippen LogP contribution in [0.3, 0.4) is 0 Å². The zero-order chi connectivity index (χ0) is 17.2. The third-order valence-electron chi connectivity index (χ3n) is 4.12. The van der Waals surface area contributed by atoms with Crippen molar-refractivity contribution in [3.8, 4) is 17.3 Å². The Morgan fingerprint density at radius 2 is 1.88 bits per heavy atom. The highest BCUT2D eigenvalue weighted by molar-refractivity contribution is 5.90. The molecule has 0 radical (unpaired) electrons. The molecular formula is C20H22N4. The van der Waals surface area contributed by atoms with Gasteiger partial charge in [-0.05, 0) is 17.9 Å². The van der Waals surface area contributed by atoms with Crippen LogP contribution in [0.2, 0.25) is 0 Å². The van der Waals surface area contributed by atoms with E-state index in [2.05, 4.69) is 36.4 Å². The molecule has 0 saturated carbocycles. The van der Waals surface area contributed by atoms with Crippen molar-refractivity contribution in [1.29, 1.82) is 5.26 Å². The van der Waals surface area contributed by atoms with E-state index >= 15 is 0 Å². The van der Waals surface area contributed by atoms with Crippen molar-refractivity contribution in [2.75, 3.05) is 0 Å². The fourth-order valence-electron chi connectivity index (χ4n) is 2.81. The van der Waals surface area contributed by atoms with Crippen LogP contribution in [0.1, 0.15) is 33.0 Å². The number of imidazole rings is 1. The summed E-state index contributed by atoms with van der Waals surface area (Å²) in [4.78, 5) is 9.30. The lowest BCUT2D eigenvalue weighted by atomic mass is 9.92. The molecule has 0 aliphatic carbocycles. The first-order valence-corrected chi connectivity index (χ1v) is 8.26. The average Bonchev–Trinajstić information content (AvgIpc) is 2.91. The maximum absolute atomic E-state index is 9.16. The van der Waals surface area contributed by atoms with Gasteiger partial charge in [-0.15, -0.1) is 0 Å². The largest absolute Gasteiger partial charge is 0.327 e. The Labute approximate surface area is 142 Å². The van der Waals surface area contributed by atoms with Gasteiger partial charge in [0.05, 0.1) is 23.7 Å². The van der Waals surface area contributed by atoms with Gasteiger partial charge in [0, 0.05) is 18.3 Å². The van der Waals surface area contributed by atoms with Crippen LogP contribution in [0, 0.1) is 16.7 Å². The molecule has 0 amide bonds. The summed E-state index contributed by atoms with van der Waals surface area (Å²) in [6, 6.07) is 14.3. The van der Waals surface area contributed by atoms with Crippen molar-refractivity contribution in [2.24, 2.45) is 5.41 Å². The van der Waals surface area contributed by atoms with E-state index in [4.69, 9.17) is 10.2 Å². The number of fused-ring (bicyclic) bond motifs is 1. The van der Waals surface area contributed by atoms with E-state index in [-0.39, 0.29) is 5.41 Å². The fraction of sp³-hybridized carbons (Fsp3) is 0.350. The molecule has 0 aliphatic heterocycles. The van der Waals surface area contributed by atoms with Crippen LogP contribution in [0.4, 0.5) is 0 Å². The van der Waals surface area contributed by atoms with Gasteiger partial charge in [-0.2, -0.15) is 5.26 Å². The van der Waals surface area contributed by atoms with Crippen LogP contribution in [-0.2, 0) is 13.0 Å². The predicted octanol–water partition coefficient (Wildman–Crippen LogP) is 4.60. The van der Waals surface area contributed by atoms with Crippen molar-refractivity contribution < 1.29 is 0 Å². The van der Waals surface area contributed by atoms with Crippen LogP contribution < -0.4 is 0 Å². The number of benzene rings is 1. The predicted molar refractivity (Wildman–Crippen MR) is 96.4 cm³/mol. The smallest absolute Gasteiger partial charge is 0.124 e. The number of nitriles is 1. The topological polar surface area (TPSA) is 54.5 Å². The SMILES string of the molecule is CC(C)(C)CCn1c(CC#N)nc2c(-c3ccccc3)nccc21. The van der Waals surface area contributed by atoms with E-state index < -0.39 is 0 Å². The number of pyridine rings is 1. The number of rotatable bonds is 4. The van der Waals surface area contributed by atoms with Gasteiger partial charge >= 0.3 is 0 Å². The lowest BCUT2D eigenvalue weighted by Crippen LogP contribution is -2.12. The molecule has 2 heterocycles. The Morgan fingerprint density at radius 3 is 2.54 bits per heavy atom. The molecule has 24 heavy (non-hydrogen) atoms. The number of hydrogen-bond donors (Lipinski definition) is 0. The van der Waals surface area contributed by atoms with E-state index in [0.29, 0.717) is 6.42 Å². The number of hydrogen-bond acceptors (Lipinski definition) is 3. The Hall–Kier alpha value is -2.67. The minimum Gasteiger partial charge on any atom is -0.327 e. The zero-order valence-electron chi connectivity index (χ0n) is 14.5. The Morgan fingerprint density at radius 1 is 1.12 bits per heavy atom. The first kappa shape index (κ1) is 16.2. The first-order chi connectivity index (χ1) is 11.5. The molecule has 1 aromatic carbocycles. The molecular weight excluding hydrogens is 296 g/mol. The summed E-state index contributed by atoms with van der Waals surface area (Å²) in [5.41, 5.74) is 4.09. The van der Waals surface area contributed by atoms with Gasteiger partial charge in [0.25, 0.3) is 0 Å². The fourth-order valence-corrected chi connectivity index (χ4v) is 2.81. The maximum atomic E-state index is 9.16. The van der Waals surface area contributed by atoms with E-state index in [1.807, 2.05) is 42.6 Å². The molecule has 0 spiro atoms. The molecule has 0 aliphatic rings. The summed E-state index contributed by atoms with van der Waals surface area (Å²) in [5, 5.41) is 9.16. The molecule has 0 unspecified atom stereocenters. The monoisotopic (exact) mass is 318 g/mol.